The molecule has 9 heteroatoms. The van der Waals surface area contributed by atoms with Crippen LogP contribution in [0, 0.1) is 0 Å². The number of carbonyl (C=O) groups is 2. The maximum absolute atomic E-state index is 11.9. The molecule has 1 aromatic heterocycles. The van der Waals surface area contributed by atoms with Gasteiger partial charge in [-0.05, 0) is 77.9 Å². The van der Waals surface area contributed by atoms with Gasteiger partial charge in [-0.25, -0.2) is 14.6 Å². The summed E-state index contributed by atoms with van der Waals surface area (Å²) in [4.78, 5) is 29.8. The van der Waals surface area contributed by atoms with Gasteiger partial charge in [-0.3, -0.25) is 5.32 Å². The molecule has 1 saturated carbocycles. The van der Waals surface area contributed by atoms with Crippen molar-refractivity contribution in [1.82, 2.24) is 9.88 Å². The molecule has 3 rings (SSSR count). The Morgan fingerprint density at radius 2 is 1.77 bits per heavy atom. The summed E-state index contributed by atoms with van der Waals surface area (Å²) in [6, 6.07) is 6.06. The molecule has 1 aliphatic carbocycles. The molecule has 35 heavy (non-hydrogen) atoms. The largest absolute Gasteiger partial charge is 0.447 e. The van der Waals surface area contributed by atoms with Crippen molar-refractivity contribution in [2.75, 3.05) is 19.4 Å². The molecule has 2 aromatic rings. The van der Waals surface area contributed by atoms with Crippen molar-refractivity contribution in [2.45, 2.75) is 84.5 Å². The van der Waals surface area contributed by atoms with Crippen molar-refractivity contribution in [2.24, 2.45) is 5.73 Å². The highest BCUT2D eigenvalue weighted by molar-refractivity contribution is 7.15. The molecule has 0 saturated heterocycles. The number of nitrogens with one attached hydrogen (secondary N) is 1. The molecule has 1 aromatic carbocycles. The molecule has 8 nitrogen and oxygen atoms in total. The first-order valence-corrected chi connectivity index (χ1v) is 13.0. The molecule has 0 unspecified atom stereocenters. The summed E-state index contributed by atoms with van der Waals surface area (Å²) < 4.78 is 9.58. The highest BCUT2D eigenvalue weighted by atomic mass is 32.1. The standard InChI is InChI=1S/C22H31N3O2S.C4H9NO2/c1-15(2)27-22(26)24-18-10-11-19(17(12-18)14-25(3)4)20-13-23-21(28-20)16-8-6-5-7-9-16;1-3(2)7-4(5)6/h10-13,15-16H,5-9,14H2,1-4H3,(H,24,26);3H,1-2H3,(H2,5,6). The second-order valence-corrected chi connectivity index (χ2v) is 10.6. The van der Waals surface area contributed by atoms with Gasteiger partial charge < -0.3 is 20.1 Å². The SMILES string of the molecule is CC(C)OC(=O)Nc1ccc(-c2cnc(C3CCCCC3)s2)c(CN(C)C)c1.CC(C)OC(N)=O. The van der Waals surface area contributed by atoms with E-state index >= 15 is 0 Å². The van der Waals surface area contributed by atoms with E-state index in [0.717, 1.165) is 12.2 Å². The highest BCUT2D eigenvalue weighted by Gasteiger charge is 2.20. The molecule has 1 heterocycles. The van der Waals surface area contributed by atoms with Gasteiger partial charge in [0.05, 0.1) is 22.1 Å². The Kier molecular flexibility index (Phi) is 11.5. The van der Waals surface area contributed by atoms with Crippen LogP contribution >= 0.6 is 11.3 Å². The van der Waals surface area contributed by atoms with Crippen LogP contribution in [-0.4, -0.2) is 48.4 Å². The van der Waals surface area contributed by atoms with E-state index in [1.165, 1.54) is 53.1 Å². The Hall–Kier alpha value is -2.65. The molecule has 0 bridgehead atoms. The minimum atomic E-state index is -0.713. The van der Waals surface area contributed by atoms with Crippen molar-refractivity contribution < 1.29 is 19.1 Å². The second kappa shape index (κ2) is 14.0. The number of primary amides is 1. The topological polar surface area (TPSA) is 107 Å². The highest BCUT2D eigenvalue weighted by Crippen LogP contribution is 2.38. The third-order valence-electron chi connectivity index (χ3n) is 5.28. The van der Waals surface area contributed by atoms with Gasteiger partial charge in [0.25, 0.3) is 0 Å². The van der Waals surface area contributed by atoms with E-state index in [1.54, 1.807) is 13.8 Å². The van der Waals surface area contributed by atoms with Crippen LogP contribution in [0.4, 0.5) is 15.3 Å². The molecule has 3 N–H and O–H groups in total. The monoisotopic (exact) mass is 504 g/mol. The first kappa shape index (κ1) is 28.6. The van der Waals surface area contributed by atoms with E-state index in [4.69, 9.17) is 9.72 Å². The summed E-state index contributed by atoms with van der Waals surface area (Å²) in [7, 11) is 4.11. The number of hydrogen-bond donors (Lipinski definition) is 2. The fourth-order valence-electron chi connectivity index (χ4n) is 3.93. The number of aromatic nitrogens is 1. The quantitative estimate of drug-likeness (QED) is 0.454. The molecular weight excluding hydrogens is 464 g/mol. The number of nitrogens with zero attached hydrogens (tertiary/aromatic N) is 2. The smallest absolute Gasteiger partial charge is 0.411 e. The van der Waals surface area contributed by atoms with E-state index in [9.17, 15) is 9.59 Å². The second-order valence-electron chi connectivity index (χ2n) is 9.57. The molecule has 1 aliphatic rings. The minimum Gasteiger partial charge on any atom is -0.447 e. The zero-order valence-corrected chi connectivity index (χ0v) is 22.6. The molecule has 2 amide bonds. The summed E-state index contributed by atoms with van der Waals surface area (Å²) in [5.74, 6) is 0.622. The zero-order valence-electron chi connectivity index (χ0n) is 21.8. The molecule has 0 radical (unpaired) electrons. The van der Waals surface area contributed by atoms with E-state index in [2.05, 4.69) is 40.8 Å². The molecular formula is C26H40N4O4S. The van der Waals surface area contributed by atoms with Gasteiger partial charge in [-0.1, -0.05) is 25.3 Å². The van der Waals surface area contributed by atoms with Gasteiger partial charge >= 0.3 is 12.2 Å². The number of hydrogen-bond acceptors (Lipinski definition) is 7. The van der Waals surface area contributed by atoms with Crippen LogP contribution in [0.3, 0.4) is 0 Å². The van der Waals surface area contributed by atoms with Crippen molar-refractivity contribution >= 4 is 29.2 Å². The lowest BCUT2D eigenvalue weighted by Crippen LogP contribution is -2.18. The fourth-order valence-corrected chi connectivity index (χ4v) is 5.08. The van der Waals surface area contributed by atoms with Crippen molar-refractivity contribution in [1.29, 1.82) is 0 Å². The lowest BCUT2D eigenvalue weighted by Gasteiger charge is -2.19. The Morgan fingerprint density at radius 3 is 2.31 bits per heavy atom. The van der Waals surface area contributed by atoms with Gasteiger partial charge in [0.15, 0.2) is 0 Å². The maximum Gasteiger partial charge on any atom is 0.411 e. The number of nitrogens with two attached hydrogens (primary N) is 1. The first-order chi connectivity index (χ1) is 16.5. The lowest BCUT2D eigenvalue weighted by molar-refractivity contribution is 0.125. The van der Waals surface area contributed by atoms with Crippen LogP contribution in [0.5, 0.6) is 0 Å². The summed E-state index contributed by atoms with van der Waals surface area (Å²) in [6.45, 7) is 7.96. The van der Waals surface area contributed by atoms with Crippen molar-refractivity contribution in [3.8, 4) is 10.4 Å². The molecule has 0 aliphatic heterocycles. The van der Waals surface area contributed by atoms with Crippen LogP contribution in [0.15, 0.2) is 24.4 Å². The Morgan fingerprint density at radius 1 is 1.11 bits per heavy atom. The van der Waals surface area contributed by atoms with Gasteiger partial charge in [-0.15, -0.1) is 11.3 Å². The normalized spacial score (nSPS) is 14.0. The predicted molar refractivity (Wildman–Crippen MR) is 142 cm³/mol. The number of benzene rings is 1. The Balaban J connectivity index is 0.000000540. The van der Waals surface area contributed by atoms with Gasteiger partial charge in [-0.2, -0.15) is 0 Å². The molecule has 194 valence electrons. The Labute approximate surface area is 213 Å². The van der Waals surface area contributed by atoms with Crippen LogP contribution < -0.4 is 11.1 Å². The number of amides is 2. The summed E-state index contributed by atoms with van der Waals surface area (Å²) in [6.07, 6.45) is 7.16. The average molecular weight is 505 g/mol. The third-order valence-corrected chi connectivity index (χ3v) is 6.47. The first-order valence-electron chi connectivity index (χ1n) is 12.2. The number of rotatable bonds is 7. The summed E-state index contributed by atoms with van der Waals surface area (Å²) >= 11 is 1.82. The van der Waals surface area contributed by atoms with E-state index < -0.39 is 12.2 Å². The van der Waals surface area contributed by atoms with Gasteiger partial charge in [0.1, 0.15) is 0 Å². The fraction of sp³-hybridized carbons (Fsp3) is 0.577. The number of thiazole rings is 1. The molecule has 0 atom stereocenters. The van der Waals surface area contributed by atoms with E-state index in [1.807, 2.05) is 43.5 Å². The molecule has 0 spiro atoms. The Bertz CT molecular complexity index is 953. The van der Waals surface area contributed by atoms with Gasteiger partial charge in [0.2, 0.25) is 0 Å². The third kappa shape index (κ3) is 10.2. The summed E-state index contributed by atoms with van der Waals surface area (Å²) in [5, 5.41) is 4.10. The van der Waals surface area contributed by atoms with Crippen LogP contribution in [-0.2, 0) is 16.0 Å². The van der Waals surface area contributed by atoms with Crippen molar-refractivity contribution in [3.05, 3.63) is 35.0 Å². The average Bonchev–Trinajstić information content (AvgIpc) is 3.23. The lowest BCUT2D eigenvalue weighted by atomic mass is 9.90. The van der Waals surface area contributed by atoms with E-state index in [-0.39, 0.29) is 12.2 Å². The van der Waals surface area contributed by atoms with Gasteiger partial charge in [0, 0.05) is 24.3 Å². The number of carbonyl (C=O) groups excluding carboxylic acids is 2. The van der Waals surface area contributed by atoms with Crippen LogP contribution in [0.2, 0.25) is 0 Å². The van der Waals surface area contributed by atoms with Crippen molar-refractivity contribution in [3.63, 3.8) is 0 Å². The maximum atomic E-state index is 11.9. The van der Waals surface area contributed by atoms with Crippen LogP contribution in [0.25, 0.3) is 10.4 Å². The number of anilines is 1. The molecule has 1 fully saturated rings. The zero-order chi connectivity index (χ0) is 26.0. The number of ether oxygens (including phenoxy) is 2. The van der Waals surface area contributed by atoms with E-state index in [0.29, 0.717) is 5.92 Å². The predicted octanol–water partition coefficient (Wildman–Crippen LogP) is 6.37. The van der Waals surface area contributed by atoms with Crippen LogP contribution in [0.1, 0.15) is 76.3 Å². The minimum absolute atomic E-state index is 0.0995. The summed E-state index contributed by atoms with van der Waals surface area (Å²) in [5.41, 5.74) is 7.75.